The molecule has 0 saturated carbocycles. The van der Waals surface area contributed by atoms with Crippen LogP contribution < -0.4 is 5.32 Å². The first-order chi connectivity index (χ1) is 8.11. The quantitative estimate of drug-likeness (QED) is 0.563. The van der Waals surface area contributed by atoms with Gasteiger partial charge in [-0.2, -0.15) is 0 Å². The molecule has 1 heterocycles. The van der Waals surface area contributed by atoms with Gasteiger partial charge in [0.15, 0.2) is 0 Å². The Kier molecular flexibility index (Phi) is 5.65. The maximum atomic E-state index is 11.0. The van der Waals surface area contributed by atoms with E-state index in [2.05, 4.69) is 10.1 Å². The number of hydrogen-bond acceptors (Lipinski definition) is 5. The Morgan fingerprint density at radius 3 is 2.76 bits per heavy atom. The molecule has 5 nitrogen and oxygen atoms in total. The number of aliphatic carboxylic acids is 1. The minimum atomic E-state index is -0.810. The van der Waals surface area contributed by atoms with Gasteiger partial charge in [0.25, 0.3) is 0 Å². The molecule has 1 aromatic rings. The normalized spacial score (nSPS) is 10.2. The zero-order chi connectivity index (χ0) is 12.7. The van der Waals surface area contributed by atoms with E-state index in [1.807, 2.05) is 12.1 Å². The first-order valence-electron chi connectivity index (χ1n) is 5.18. The molecule has 17 heavy (non-hydrogen) atoms. The number of ether oxygens (including phenoxy) is 1. The van der Waals surface area contributed by atoms with E-state index in [9.17, 15) is 9.59 Å². The molecule has 1 aromatic heterocycles. The first kappa shape index (κ1) is 13.7. The highest BCUT2D eigenvalue weighted by atomic mass is 32.1. The third-order valence-corrected chi connectivity index (χ3v) is 3.16. The third-order valence-electron chi connectivity index (χ3n) is 2.08. The molecule has 0 bridgehead atoms. The van der Waals surface area contributed by atoms with E-state index in [0.717, 1.165) is 9.75 Å². The Morgan fingerprint density at radius 2 is 2.12 bits per heavy atom. The van der Waals surface area contributed by atoms with Crippen LogP contribution in [0.5, 0.6) is 0 Å². The SMILES string of the molecule is COC(=O)Cc1ccc(CNCCC(=O)O)s1. The van der Waals surface area contributed by atoms with Crippen LogP contribution in [0.25, 0.3) is 0 Å². The van der Waals surface area contributed by atoms with E-state index >= 15 is 0 Å². The van der Waals surface area contributed by atoms with Crippen molar-refractivity contribution in [3.63, 3.8) is 0 Å². The molecule has 2 N–H and O–H groups in total. The van der Waals surface area contributed by atoms with Gasteiger partial charge < -0.3 is 15.2 Å². The van der Waals surface area contributed by atoms with Crippen LogP contribution in [0.1, 0.15) is 16.2 Å². The van der Waals surface area contributed by atoms with Crippen LogP contribution in [-0.4, -0.2) is 30.7 Å². The Bertz CT molecular complexity index is 389. The average molecular weight is 257 g/mol. The Morgan fingerprint density at radius 1 is 1.41 bits per heavy atom. The van der Waals surface area contributed by atoms with Gasteiger partial charge in [-0.25, -0.2) is 0 Å². The minimum Gasteiger partial charge on any atom is -0.481 e. The fourth-order valence-corrected chi connectivity index (χ4v) is 2.21. The predicted molar refractivity (Wildman–Crippen MR) is 64.0 cm³/mol. The number of carboxylic acid groups (broad SMARTS) is 1. The second kappa shape index (κ2) is 7.03. The maximum absolute atomic E-state index is 11.0. The molecule has 0 aliphatic rings. The molecular formula is C11H15NO4S. The molecule has 0 amide bonds. The number of hydrogen-bond donors (Lipinski definition) is 2. The molecule has 0 aliphatic carbocycles. The van der Waals surface area contributed by atoms with Gasteiger partial charge in [-0.3, -0.25) is 9.59 Å². The molecule has 0 aliphatic heterocycles. The summed E-state index contributed by atoms with van der Waals surface area (Å²) in [5, 5.41) is 11.5. The topological polar surface area (TPSA) is 75.6 Å². The van der Waals surface area contributed by atoms with Gasteiger partial charge in [-0.15, -0.1) is 11.3 Å². The van der Waals surface area contributed by atoms with Gasteiger partial charge in [0.2, 0.25) is 0 Å². The minimum absolute atomic E-state index is 0.112. The van der Waals surface area contributed by atoms with Crippen molar-refractivity contribution in [3.8, 4) is 0 Å². The molecule has 6 heteroatoms. The number of nitrogens with one attached hydrogen (secondary N) is 1. The van der Waals surface area contributed by atoms with Gasteiger partial charge in [0, 0.05) is 22.8 Å². The summed E-state index contributed by atoms with van der Waals surface area (Å²) in [5.41, 5.74) is 0. The van der Waals surface area contributed by atoms with E-state index in [1.165, 1.54) is 18.4 Å². The average Bonchev–Trinajstić information content (AvgIpc) is 2.72. The van der Waals surface area contributed by atoms with Crippen molar-refractivity contribution >= 4 is 23.3 Å². The van der Waals surface area contributed by atoms with E-state index < -0.39 is 5.97 Å². The number of rotatable bonds is 7. The van der Waals surface area contributed by atoms with Gasteiger partial charge in [-0.05, 0) is 12.1 Å². The van der Waals surface area contributed by atoms with E-state index in [-0.39, 0.29) is 18.8 Å². The lowest BCUT2D eigenvalue weighted by Crippen LogP contribution is -2.16. The summed E-state index contributed by atoms with van der Waals surface area (Å²) in [7, 11) is 1.37. The van der Waals surface area contributed by atoms with Gasteiger partial charge >= 0.3 is 11.9 Å². The van der Waals surface area contributed by atoms with Crippen LogP contribution in [-0.2, 0) is 27.3 Å². The lowest BCUT2D eigenvalue weighted by Gasteiger charge is -1.99. The van der Waals surface area contributed by atoms with Crippen molar-refractivity contribution in [2.24, 2.45) is 0 Å². The summed E-state index contributed by atoms with van der Waals surface area (Å²) in [5.74, 6) is -1.06. The molecule has 0 fully saturated rings. The standard InChI is InChI=1S/C11H15NO4S/c1-16-11(15)6-8-2-3-9(17-8)7-12-5-4-10(13)14/h2-3,12H,4-7H2,1H3,(H,13,14). The largest absolute Gasteiger partial charge is 0.481 e. The van der Waals surface area contributed by atoms with E-state index in [1.54, 1.807) is 0 Å². The molecule has 0 spiro atoms. The number of carbonyl (C=O) groups is 2. The summed E-state index contributed by atoms with van der Waals surface area (Å²) in [6.07, 6.45) is 0.399. The summed E-state index contributed by atoms with van der Waals surface area (Å²) in [4.78, 5) is 23.3. The summed E-state index contributed by atoms with van der Waals surface area (Å²) in [6.45, 7) is 1.07. The van der Waals surface area contributed by atoms with Crippen molar-refractivity contribution in [1.82, 2.24) is 5.32 Å². The van der Waals surface area contributed by atoms with Gasteiger partial charge in [0.05, 0.1) is 20.0 Å². The van der Waals surface area contributed by atoms with Crippen molar-refractivity contribution in [2.75, 3.05) is 13.7 Å². The van der Waals surface area contributed by atoms with Crippen molar-refractivity contribution in [3.05, 3.63) is 21.9 Å². The Labute approximate surface area is 103 Å². The van der Waals surface area contributed by atoms with Crippen molar-refractivity contribution < 1.29 is 19.4 Å². The zero-order valence-electron chi connectivity index (χ0n) is 9.56. The van der Waals surface area contributed by atoms with Crippen LogP contribution in [0.2, 0.25) is 0 Å². The number of esters is 1. The monoisotopic (exact) mass is 257 g/mol. The predicted octanol–water partition coefficient (Wildman–Crippen LogP) is 1.03. The van der Waals surface area contributed by atoms with Gasteiger partial charge in [0.1, 0.15) is 0 Å². The van der Waals surface area contributed by atoms with Crippen LogP contribution in [0.15, 0.2) is 12.1 Å². The number of methoxy groups -OCH3 is 1. The fraction of sp³-hybridized carbons (Fsp3) is 0.455. The first-order valence-corrected chi connectivity index (χ1v) is 6.00. The smallest absolute Gasteiger partial charge is 0.310 e. The van der Waals surface area contributed by atoms with Crippen molar-refractivity contribution in [2.45, 2.75) is 19.4 Å². The summed E-state index contributed by atoms with van der Waals surface area (Å²) >= 11 is 1.52. The molecule has 0 unspecified atom stereocenters. The Hall–Kier alpha value is -1.40. The molecular weight excluding hydrogens is 242 g/mol. The molecule has 94 valence electrons. The second-order valence-corrected chi connectivity index (χ2v) is 4.69. The molecule has 0 aromatic carbocycles. The summed E-state index contributed by atoms with van der Waals surface area (Å²) in [6, 6.07) is 3.81. The zero-order valence-corrected chi connectivity index (χ0v) is 10.4. The number of thiophene rings is 1. The lowest BCUT2D eigenvalue weighted by atomic mass is 10.3. The van der Waals surface area contributed by atoms with Crippen LogP contribution in [0, 0.1) is 0 Å². The number of carboxylic acids is 1. The molecule has 0 atom stereocenters. The second-order valence-electron chi connectivity index (χ2n) is 3.44. The molecule has 0 radical (unpaired) electrons. The highest BCUT2D eigenvalue weighted by Crippen LogP contribution is 2.17. The highest BCUT2D eigenvalue weighted by Gasteiger charge is 2.06. The molecule has 1 rings (SSSR count). The van der Waals surface area contributed by atoms with E-state index in [4.69, 9.17) is 5.11 Å². The summed E-state index contributed by atoms with van der Waals surface area (Å²) < 4.78 is 4.58. The Balaban J connectivity index is 2.30. The van der Waals surface area contributed by atoms with Crippen LogP contribution >= 0.6 is 11.3 Å². The van der Waals surface area contributed by atoms with Crippen molar-refractivity contribution in [1.29, 1.82) is 0 Å². The maximum Gasteiger partial charge on any atom is 0.310 e. The highest BCUT2D eigenvalue weighted by molar-refractivity contribution is 7.12. The lowest BCUT2D eigenvalue weighted by molar-refractivity contribution is -0.140. The van der Waals surface area contributed by atoms with Gasteiger partial charge in [-0.1, -0.05) is 0 Å². The molecule has 0 saturated heterocycles. The number of carbonyl (C=O) groups excluding carboxylic acids is 1. The van der Waals surface area contributed by atoms with Crippen LogP contribution in [0.4, 0.5) is 0 Å². The van der Waals surface area contributed by atoms with Crippen LogP contribution in [0.3, 0.4) is 0 Å². The van der Waals surface area contributed by atoms with E-state index in [0.29, 0.717) is 13.1 Å². The fourth-order valence-electron chi connectivity index (χ4n) is 1.23. The third kappa shape index (κ3) is 5.46.